The maximum Gasteiger partial charge on any atom is 0.344 e. The molecule has 2 aromatic heterocycles. The van der Waals surface area contributed by atoms with Gasteiger partial charge in [0, 0.05) is 17.4 Å². The van der Waals surface area contributed by atoms with Crippen LogP contribution in [0.25, 0.3) is 5.65 Å². The third kappa shape index (κ3) is 3.60. The largest absolute Gasteiger partial charge is 0.495 e. The lowest BCUT2D eigenvalue weighted by Crippen LogP contribution is -2.21. The normalized spacial score (nSPS) is 10.6. The number of benzene rings is 1. The van der Waals surface area contributed by atoms with Gasteiger partial charge in [0.2, 0.25) is 0 Å². The molecule has 1 N–H and O–H groups in total. The van der Waals surface area contributed by atoms with Gasteiger partial charge in [-0.2, -0.15) is 5.10 Å². The quantitative estimate of drug-likeness (QED) is 0.689. The van der Waals surface area contributed by atoms with Gasteiger partial charge < -0.3 is 14.8 Å². The molecule has 26 heavy (non-hydrogen) atoms. The van der Waals surface area contributed by atoms with Crippen LogP contribution in [0.15, 0.2) is 36.7 Å². The Balaban J connectivity index is 1.69. The van der Waals surface area contributed by atoms with E-state index in [-0.39, 0.29) is 5.56 Å². The topological polar surface area (TPSA) is 94.8 Å². The Hall–Kier alpha value is -3.13. The van der Waals surface area contributed by atoms with Gasteiger partial charge in [0.1, 0.15) is 11.3 Å². The van der Waals surface area contributed by atoms with E-state index < -0.39 is 18.5 Å². The number of aromatic nitrogens is 3. The Morgan fingerprint density at radius 2 is 2.15 bits per heavy atom. The van der Waals surface area contributed by atoms with Crippen molar-refractivity contribution in [3.8, 4) is 5.75 Å². The van der Waals surface area contributed by atoms with Gasteiger partial charge in [0.25, 0.3) is 5.91 Å². The van der Waals surface area contributed by atoms with E-state index in [0.717, 1.165) is 0 Å². The summed E-state index contributed by atoms with van der Waals surface area (Å²) < 4.78 is 11.7. The molecule has 134 valence electrons. The number of fused-ring (bicyclic) bond motifs is 1. The lowest BCUT2D eigenvalue weighted by Gasteiger charge is -2.10. The van der Waals surface area contributed by atoms with E-state index in [0.29, 0.717) is 27.8 Å². The zero-order valence-corrected chi connectivity index (χ0v) is 14.8. The minimum Gasteiger partial charge on any atom is -0.495 e. The Kier molecular flexibility index (Phi) is 5.04. The second kappa shape index (κ2) is 7.40. The van der Waals surface area contributed by atoms with Crippen LogP contribution >= 0.6 is 11.6 Å². The highest BCUT2D eigenvalue weighted by atomic mass is 35.5. The number of esters is 1. The maximum atomic E-state index is 12.3. The first-order valence-electron chi connectivity index (χ1n) is 7.60. The highest BCUT2D eigenvalue weighted by molar-refractivity contribution is 6.31. The zero-order chi connectivity index (χ0) is 18.7. The van der Waals surface area contributed by atoms with Crippen molar-refractivity contribution in [2.75, 3.05) is 19.0 Å². The Bertz CT molecular complexity index is 986. The highest BCUT2D eigenvalue weighted by Crippen LogP contribution is 2.27. The number of carbonyl (C=O) groups excluding carboxylic acids is 2. The van der Waals surface area contributed by atoms with Crippen molar-refractivity contribution in [2.24, 2.45) is 0 Å². The summed E-state index contributed by atoms with van der Waals surface area (Å²) in [7, 11) is 1.47. The Morgan fingerprint density at radius 3 is 2.92 bits per heavy atom. The van der Waals surface area contributed by atoms with E-state index in [4.69, 9.17) is 21.1 Å². The number of aryl methyl sites for hydroxylation is 1. The minimum atomic E-state index is -0.676. The van der Waals surface area contributed by atoms with Crippen molar-refractivity contribution >= 4 is 34.8 Å². The molecule has 9 heteroatoms. The lowest BCUT2D eigenvalue weighted by molar-refractivity contribution is -0.119. The summed E-state index contributed by atoms with van der Waals surface area (Å²) in [5, 5.41) is 7.21. The molecule has 0 spiro atoms. The third-order valence-electron chi connectivity index (χ3n) is 3.54. The van der Waals surface area contributed by atoms with Crippen molar-refractivity contribution in [3.05, 3.63) is 52.9 Å². The molecule has 0 aliphatic rings. The van der Waals surface area contributed by atoms with Crippen molar-refractivity contribution in [1.29, 1.82) is 0 Å². The molecule has 3 aromatic rings. The maximum absolute atomic E-state index is 12.3. The third-order valence-corrected chi connectivity index (χ3v) is 3.78. The number of rotatable bonds is 5. The van der Waals surface area contributed by atoms with E-state index in [1.165, 1.54) is 11.6 Å². The Labute approximate surface area is 153 Å². The number of halogens is 1. The molecule has 8 nitrogen and oxygen atoms in total. The number of hydrogen-bond donors (Lipinski definition) is 1. The fourth-order valence-electron chi connectivity index (χ4n) is 2.40. The summed E-state index contributed by atoms with van der Waals surface area (Å²) in [6, 6.07) is 6.49. The van der Waals surface area contributed by atoms with E-state index in [1.54, 1.807) is 43.6 Å². The van der Waals surface area contributed by atoms with Crippen LogP contribution in [0.5, 0.6) is 5.75 Å². The number of methoxy groups -OCH3 is 1. The van der Waals surface area contributed by atoms with Crippen LogP contribution in [-0.4, -0.2) is 40.2 Å². The van der Waals surface area contributed by atoms with Crippen LogP contribution in [0.2, 0.25) is 5.02 Å². The first kappa shape index (κ1) is 17.7. The molecule has 0 fully saturated rings. The molecule has 0 unspecified atom stereocenters. The molecule has 1 aromatic carbocycles. The summed E-state index contributed by atoms with van der Waals surface area (Å²) >= 11 is 5.92. The second-order valence-corrected chi connectivity index (χ2v) is 5.75. The molecule has 2 heterocycles. The summed E-state index contributed by atoms with van der Waals surface area (Å²) in [4.78, 5) is 28.5. The van der Waals surface area contributed by atoms with Gasteiger partial charge in [-0.1, -0.05) is 11.6 Å². The molecule has 0 saturated carbocycles. The van der Waals surface area contributed by atoms with E-state index in [9.17, 15) is 9.59 Å². The van der Waals surface area contributed by atoms with E-state index in [2.05, 4.69) is 15.4 Å². The van der Waals surface area contributed by atoms with Crippen molar-refractivity contribution < 1.29 is 19.1 Å². The van der Waals surface area contributed by atoms with Crippen molar-refractivity contribution in [2.45, 2.75) is 6.92 Å². The van der Waals surface area contributed by atoms with Crippen molar-refractivity contribution in [3.63, 3.8) is 0 Å². The van der Waals surface area contributed by atoms with Gasteiger partial charge in [-0.05, 0) is 31.2 Å². The highest BCUT2D eigenvalue weighted by Gasteiger charge is 2.20. The zero-order valence-electron chi connectivity index (χ0n) is 14.0. The van der Waals surface area contributed by atoms with Gasteiger partial charge in [-0.3, -0.25) is 4.79 Å². The average molecular weight is 375 g/mol. The molecule has 0 aliphatic carbocycles. The molecular weight excluding hydrogens is 360 g/mol. The summed E-state index contributed by atoms with van der Waals surface area (Å²) in [6.45, 7) is 1.19. The summed E-state index contributed by atoms with van der Waals surface area (Å²) in [5.74, 6) is -0.762. The Morgan fingerprint density at radius 1 is 1.35 bits per heavy atom. The predicted octanol–water partition coefficient (Wildman–Crippen LogP) is 2.50. The smallest absolute Gasteiger partial charge is 0.344 e. The average Bonchev–Trinajstić information content (AvgIpc) is 2.95. The SMILES string of the molecule is COc1ccc(Cl)cc1NC(=O)COC(=O)c1c(C)nn2cccnc12. The van der Waals surface area contributed by atoms with Crippen molar-refractivity contribution in [1.82, 2.24) is 14.6 Å². The molecule has 0 radical (unpaired) electrons. The lowest BCUT2D eigenvalue weighted by atomic mass is 10.2. The van der Waals surface area contributed by atoms with Gasteiger partial charge >= 0.3 is 5.97 Å². The fourth-order valence-corrected chi connectivity index (χ4v) is 2.58. The number of nitrogens with one attached hydrogen (secondary N) is 1. The molecular formula is C17H15ClN4O4. The number of anilines is 1. The molecule has 1 amide bonds. The monoisotopic (exact) mass is 374 g/mol. The molecule has 3 rings (SSSR count). The number of nitrogens with zero attached hydrogens (tertiary/aromatic N) is 3. The predicted molar refractivity (Wildman–Crippen MR) is 94.6 cm³/mol. The molecule has 0 atom stereocenters. The molecule has 0 aliphatic heterocycles. The van der Waals surface area contributed by atoms with Crippen LogP contribution in [-0.2, 0) is 9.53 Å². The fraction of sp³-hybridized carbons (Fsp3) is 0.176. The van der Waals surface area contributed by atoms with E-state index in [1.807, 2.05) is 0 Å². The van der Waals surface area contributed by atoms with Crippen LogP contribution in [0.4, 0.5) is 5.69 Å². The molecule has 0 saturated heterocycles. The summed E-state index contributed by atoms with van der Waals surface area (Å²) in [5.41, 5.74) is 1.44. The number of amides is 1. The van der Waals surface area contributed by atoms with Gasteiger partial charge in [-0.15, -0.1) is 0 Å². The number of ether oxygens (including phenoxy) is 2. The second-order valence-electron chi connectivity index (χ2n) is 5.32. The number of carbonyl (C=O) groups is 2. The van der Waals surface area contributed by atoms with Gasteiger partial charge in [-0.25, -0.2) is 14.3 Å². The van der Waals surface area contributed by atoms with Crippen LogP contribution in [0.3, 0.4) is 0 Å². The van der Waals surface area contributed by atoms with Crippen LogP contribution in [0.1, 0.15) is 16.1 Å². The van der Waals surface area contributed by atoms with Gasteiger partial charge in [0.05, 0.1) is 18.5 Å². The van der Waals surface area contributed by atoms with E-state index >= 15 is 0 Å². The van der Waals surface area contributed by atoms with Crippen LogP contribution < -0.4 is 10.1 Å². The standard InChI is InChI=1S/C17H15ClN4O4/c1-10-15(16-19-6-3-7-22(16)21-10)17(24)26-9-14(23)20-12-8-11(18)4-5-13(12)25-2/h3-8H,9H2,1-2H3,(H,20,23). The summed E-state index contributed by atoms with van der Waals surface area (Å²) in [6.07, 6.45) is 3.22. The number of hydrogen-bond acceptors (Lipinski definition) is 6. The minimum absolute atomic E-state index is 0.221. The van der Waals surface area contributed by atoms with Crippen LogP contribution in [0, 0.1) is 6.92 Å². The first-order chi connectivity index (χ1) is 12.5. The first-order valence-corrected chi connectivity index (χ1v) is 7.98. The van der Waals surface area contributed by atoms with Gasteiger partial charge in [0.15, 0.2) is 12.3 Å². The molecule has 0 bridgehead atoms.